The summed E-state index contributed by atoms with van der Waals surface area (Å²) in [4.78, 5) is 23.5. The lowest BCUT2D eigenvalue weighted by Crippen LogP contribution is -2.33. The zero-order valence-corrected chi connectivity index (χ0v) is 15.7. The fourth-order valence-corrected chi connectivity index (χ4v) is 3.01. The van der Waals surface area contributed by atoms with Crippen LogP contribution in [0.1, 0.15) is 17.3 Å². The number of nitro benzene ring substituents is 1. The fraction of sp³-hybridized carbons (Fsp3) is 0.462. The maximum absolute atomic E-state index is 12.4. The standard InChI is InChI=1S/C13H20N4O5S.ClH.H2O/c1-4-14-13(18)11-6-5-10(17(19)20)9-12(11)23(21,22)15-7-8-16(2)3;;/h5-6,9,15H,4,7-8H2,1-3H3,(H,14,18);1H;1H2. The lowest BCUT2D eigenvalue weighted by atomic mass is 10.2. The number of non-ortho nitro benzene ring substituents is 1. The van der Waals surface area contributed by atoms with Gasteiger partial charge in [-0.2, -0.15) is 0 Å². The van der Waals surface area contributed by atoms with Crippen LogP contribution in [0.25, 0.3) is 0 Å². The SMILES string of the molecule is CCNC(=O)c1ccc([N+](=O)[O-])cc1S(=O)(=O)NCCN(C)C.Cl.O. The highest BCUT2D eigenvalue weighted by Crippen LogP contribution is 2.22. The summed E-state index contributed by atoms with van der Waals surface area (Å²) >= 11 is 0. The minimum Gasteiger partial charge on any atom is -0.412 e. The molecule has 0 heterocycles. The molecule has 0 aliphatic heterocycles. The Morgan fingerprint density at radius 1 is 1.32 bits per heavy atom. The number of carbonyl (C=O) groups excluding carboxylic acids is 1. The van der Waals surface area contributed by atoms with Crippen LogP contribution < -0.4 is 10.0 Å². The number of likely N-dealkylation sites (N-methyl/N-ethyl adjacent to an activating group) is 1. The lowest BCUT2D eigenvalue weighted by molar-refractivity contribution is -0.385. The van der Waals surface area contributed by atoms with Crippen molar-refractivity contribution >= 4 is 34.0 Å². The third-order valence-electron chi connectivity index (χ3n) is 2.90. The summed E-state index contributed by atoms with van der Waals surface area (Å²) in [5.74, 6) is -0.601. The van der Waals surface area contributed by atoms with Crippen molar-refractivity contribution in [2.45, 2.75) is 11.8 Å². The van der Waals surface area contributed by atoms with Crippen molar-refractivity contribution in [2.24, 2.45) is 0 Å². The largest absolute Gasteiger partial charge is 0.412 e. The molecule has 1 rings (SSSR count). The maximum atomic E-state index is 12.4. The average molecular weight is 399 g/mol. The molecule has 10 nitrogen and oxygen atoms in total. The van der Waals surface area contributed by atoms with Crippen molar-refractivity contribution in [2.75, 3.05) is 33.7 Å². The van der Waals surface area contributed by atoms with Crippen molar-refractivity contribution in [3.05, 3.63) is 33.9 Å². The third kappa shape index (κ3) is 7.32. The normalized spacial score (nSPS) is 10.6. The Balaban J connectivity index is 0. The molecule has 12 heteroatoms. The van der Waals surface area contributed by atoms with E-state index in [1.165, 1.54) is 0 Å². The fourth-order valence-electron chi connectivity index (χ4n) is 1.77. The molecule has 1 amide bonds. The van der Waals surface area contributed by atoms with E-state index in [0.717, 1.165) is 18.2 Å². The first kappa shape index (κ1) is 25.5. The second-order valence-corrected chi connectivity index (χ2v) is 6.73. The molecule has 1 aromatic carbocycles. The summed E-state index contributed by atoms with van der Waals surface area (Å²) in [7, 11) is -0.489. The molecule has 0 fully saturated rings. The van der Waals surface area contributed by atoms with Crippen LogP contribution in [0.2, 0.25) is 0 Å². The lowest BCUT2D eigenvalue weighted by Gasteiger charge is -2.13. The van der Waals surface area contributed by atoms with Gasteiger partial charge in [-0.15, -0.1) is 12.4 Å². The number of rotatable bonds is 8. The van der Waals surface area contributed by atoms with Crippen molar-refractivity contribution in [1.29, 1.82) is 0 Å². The zero-order chi connectivity index (χ0) is 17.6. The predicted molar refractivity (Wildman–Crippen MR) is 95.7 cm³/mol. The van der Waals surface area contributed by atoms with Crippen molar-refractivity contribution in [3.8, 4) is 0 Å². The van der Waals surface area contributed by atoms with Crippen LogP contribution in [0.4, 0.5) is 5.69 Å². The quantitative estimate of drug-likeness (QED) is 0.456. The molecule has 1 aromatic rings. The third-order valence-corrected chi connectivity index (χ3v) is 4.40. The number of sulfonamides is 1. The van der Waals surface area contributed by atoms with Crippen molar-refractivity contribution in [3.63, 3.8) is 0 Å². The van der Waals surface area contributed by atoms with Gasteiger partial charge in [-0.05, 0) is 27.1 Å². The van der Waals surface area contributed by atoms with Crippen molar-refractivity contribution < 1.29 is 23.6 Å². The van der Waals surface area contributed by atoms with Gasteiger partial charge >= 0.3 is 0 Å². The molecule has 144 valence electrons. The first-order valence-corrected chi connectivity index (χ1v) is 8.38. The molecule has 0 spiro atoms. The molecule has 0 unspecified atom stereocenters. The van der Waals surface area contributed by atoms with Gasteiger partial charge in [0.2, 0.25) is 10.0 Å². The molecule has 0 saturated heterocycles. The number of benzene rings is 1. The van der Waals surface area contributed by atoms with Crippen LogP contribution in [0.5, 0.6) is 0 Å². The molecule has 0 aliphatic rings. The topological polar surface area (TPSA) is 153 Å². The molecule has 0 bridgehead atoms. The predicted octanol–water partition coefficient (Wildman–Crippen LogP) is -0.219. The molecule has 0 aliphatic carbocycles. The van der Waals surface area contributed by atoms with Crippen LogP contribution in [0.15, 0.2) is 23.1 Å². The summed E-state index contributed by atoms with van der Waals surface area (Å²) in [6, 6.07) is 3.13. The Bertz CT molecular complexity index is 696. The van der Waals surface area contributed by atoms with Crippen LogP contribution in [-0.2, 0) is 10.0 Å². The van der Waals surface area contributed by atoms with Gasteiger partial charge in [0.15, 0.2) is 0 Å². The summed E-state index contributed by atoms with van der Waals surface area (Å²) in [5, 5.41) is 13.4. The Morgan fingerprint density at radius 2 is 1.92 bits per heavy atom. The van der Waals surface area contributed by atoms with Crippen molar-refractivity contribution in [1.82, 2.24) is 14.9 Å². The average Bonchev–Trinajstić information content (AvgIpc) is 2.46. The van der Waals surface area contributed by atoms with E-state index < -0.39 is 31.4 Å². The van der Waals surface area contributed by atoms with E-state index >= 15 is 0 Å². The Kier molecular flexibility index (Phi) is 11.1. The zero-order valence-electron chi connectivity index (χ0n) is 14.1. The number of halogens is 1. The first-order valence-electron chi connectivity index (χ1n) is 6.90. The number of amides is 1. The van der Waals surface area contributed by atoms with Crippen LogP contribution in [-0.4, -0.2) is 63.4 Å². The Hall–Kier alpha value is -1.79. The van der Waals surface area contributed by atoms with E-state index in [9.17, 15) is 23.3 Å². The summed E-state index contributed by atoms with van der Waals surface area (Å²) < 4.78 is 27.1. The van der Waals surface area contributed by atoms with E-state index in [2.05, 4.69) is 10.0 Å². The van der Waals surface area contributed by atoms with Gasteiger partial charge in [0.05, 0.1) is 10.5 Å². The number of carbonyl (C=O) groups is 1. The highest BCUT2D eigenvalue weighted by atomic mass is 35.5. The molecule has 0 radical (unpaired) electrons. The van der Waals surface area contributed by atoms with Crippen LogP contribution >= 0.6 is 12.4 Å². The minimum absolute atomic E-state index is 0. The summed E-state index contributed by atoms with van der Waals surface area (Å²) in [6.07, 6.45) is 0. The number of nitro groups is 1. The summed E-state index contributed by atoms with van der Waals surface area (Å²) in [6.45, 7) is 2.56. The smallest absolute Gasteiger partial charge is 0.270 e. The monoisotopic (exact) mass is 398 g/mol. The van der Waals surface area contributed by atoms with Gasteiger partial charge in [-0.1, -0.05) is 0 Å². The number of hydrogen-bond donors (Lipinski definition) is 2. The molecular weight excluding hydrogens is 376 g/mol. The van der Waals surface area contributed by atoms with Gasteiger partial charge in [0.1, 0.15) is 4.90 Å². The second-order valence-electron chi connectivity index (χ2n) is 5.00. The molecule has 0 atom stereocenters. The Labute approximate surface area is 152 Å². The molecule has 0 saturated carbocycles. The second kappa shape index (κ2) is 10.9. The number of nitrogens with zero attached hydrogens (tertiary/aromatic N) is 2. The number of nitrogens with one attached hydrogen (secondary N) is 2. The maximum Gasteiger partial charge on any atom is 0.270 e. The van der Waals surface area contributed by atoms with E-state index in [1.807, 2.05) is 0 Å². The van der Waals surface area contributed by atoms with E-state index in [-0.39, 0.29) is 30.0 Å². The first-order chi connectivity index (χ1) is 10.7. The molecule has 0 aromatic heterocycles. The van der Waals surface area contributed by atoms with E-state index in [1.54, 1.807) is 25.9 Å². The Morgan fingerprint density at radius 3 is 2.40 bits per heavy atom. The van der Waals surface area contributed by atoms with E-state index in [4.69, 9.17) is 0 Å². The molecular formula is C13H23ClN4O6S. The van der Waals surface area contributed by atoms with Gasteiger partial charge in [-0.25, -0.2) is 13.1 Å². The molecule has 4 N–H and O–H groups in total. The summed E-state index contributed by atoms with van der Waals surface area (Å²) in [5.41, 5.74) is -0.527. The van der Waals surface area contributed by atoms with Gasteiger partial charge in [-0.3, -0.25) is 14.9 Å². The van der Waals surface area contributed by atoms with Crippen LogP contribution in [0.3, 0.4) is 0 Å². The highest BCUT2D eigenvalue weighted by Gasteiger charge is 2.25. The van der Waals surface area contributed by atoms with Gasteiger partial charge < -0.3 is 15.7 Å². The molecule has 25 heavy (non-hydrogen) atoms. The van der Waals surface area contributed by atoms with E-state index in [0.29, 0.717) is 13.1 Å². The van der Waals surface area contributed by atoms with Gasteiger partial charge in [0.25, 0.3) is 11.6 Å². The highest BCUT2D eigenvalue weighted by molar-refractivity contribution is 7.89. The number of hydrogen-bond acceptors (Lipinski definition) is 6. The minimum atomic E-state index is -4.05. The van der Waals surface area contributed by atoms with Gasteiger partial charge in [0, 0.05) is 31.8 Å². The van der Waals surface area contributed by atoms with Crippen LogP contribution in [0, 0.1) is 10.1 Å².